The molecule has 9 heteroatoms. The maximum absolute atomic E-state index is 4.95. The summed E-state index contributed by atoms with van der Waals surface area (Å²) in [6, 6.07) is 12.0. The van der Waals surface area contributed by atoms with Crippen LogP contribution in [-0.4, -0.2) is 39.7 Å². The minimum absolute atomic E-state index is 0.0675. The first-order valence-corrected chi connectivity index (χ1v) is 12.0. The molecular formula is C28H27N9. The van der Waals surface area contributed by atoms with Crippen LogP contribution in [0.4, 0.5) is 5.69 Å². The van der Waals surface area contributed by atoms with Gasteiger partial charge in [0.05, 0.1) is 46.3 Å². The summed E-state index contributed by atoms with van der Waals surface area (Å²) in [6.07, 6.45) is 7.37. The summed E-state index contributed by atoms with van der Waals surface area (Å²) in [5.74, 6) is 0.644. The fourth-order valence-corrected chi connectivity index (χ4v) is 4.13. The van der Waals surface area contributed by atoms with Gasteiger partial charge in [0.25, 0.3) is 0 Å². The standard InChI is InChI=1S/C28H27N9/c1-16-14-37(15-30-16)23-8-6-7-21-24(23)34-27(33-21)26-25-22(35-36-26)10-9-20(32-25)18-11-19(13-29-12-18)31-17(2)28(3,4)5/h6-15,31H,2H2,1,3-5H3,(H,33,34)(H,35,36). The number of aromatic nitrogens is 8. The molecule has 3 N–H and O–H groups in total. The third-order valence-electron chi connectivity index (χ3n) is 6.35. The van der Waals surface area contributed by atoms with Crippen molar-refractivity contribution in [3.63, 3.8) is 0 Å². The maximum atomic E-state index is 4.95. The molecule has 0 fully saturated rings. The molecular weight excluding hydrogens is 462 g/mol. The second-order valence-electron chi connectivity index (χ2n) is 10.2. The molecule has 184 valence electrons. The van der Waals surface area contributed by atoms with Crippen molar-refractivity contribution < 1.29 is 0 Å². The Balaban J connectivity index is 1.40. The molecule has 0 saturated heterocycles. The number of para-hydroxylation sites is 1. The van der Waals surface area contributed by atoms with Crippen LogP contribution in [0, 0.1) is 12.3 Å². The van der Waals surface area contributed by atoms with E-state index < -0.39 is 0 Å². The lowest BCUT2D eigenvalue weighted by Crippen LogP contribution is -2.15. The summed E-state index contributed by atoms with van der Waals surface area (Å²) in [4.78, 5) is 22.0. The van der Waals surface area contributed by atoms with E-state index >= 15 is 0 Å². The van der Waals surface area contributed by atoms with Gasteiger partial charge in [0.2, 0.25) is 0 Å². The molecule has 9 nitrogen and oxygen atoms in total. The van der Waals surface area contributed by atoms with E-state index in [1.165, 1.54) is 0 Å². The smallest absolute Gasteiger partial charge is 0.161 e. The Bertz CT molecular complexity index is 1780. The second kappa shape index (κ2) is 8.41. The quantitative estimate of drug-likeness (QED) is 0.273. The molecule has 0 aliphatic rings. The predicted octanol–water partition coefficient (Wildman–Crippen LogP) is 6.03. The highest BCUT2D eigenvalue weighted by molar-refractivity contribution is 5.93. The third kappa shape index (κ3) is 4.14. The summed E-state index contributed by atoms with van der Waals surface area (Å²) in [5, 5.41) is 11.0. The van der Waals surface area contributed by atoms with Crippen molar-refractivity contribution >= 4 is 27.8 Å². The highest BCUT2D eigenvalue weighted by atomic mass is 15.2. The summed E-state index contributed by atoms with van der Waals surface area (Å²) < 4.78 is 1.98. The Morgan fingerprint density at radius 3 is 2.68 bits per heavy atom. The van der Waals surface area contributed by atoms with E-state index in [-0.39, 0.29) is 5.41 Å². The Morgan fingerprint density at radius 1 is 1.03 bits per heavy atom. The van der Waals surface area contributed by atoms with Crippen LogP contribution in [0.15, 0.2) is 73.6 Å². The van der Waals surface area contributed by atoms with Crippen molar-refractivity contribution in [2.24, 2.45) is 5.41 Å². The van der Waals surface area contributed by atoms with E-state index in [1.54, 1.807) is 18.7 Å². The van der Waals surface area contributed by atoms with Gasteiger partial charge >= 0.3 is 0 Å². The highest BCUT2D eigenvalue weighted by Crippen LogP contribution is 2.31. The number of hydrogen-bond donors (Lipinski definition) is 3. The Hall–Kier alpha value is -4.79. The van der Waals surface area contributed by atoms with Crippen molar-refractivity contribution in [1.29, 1.82) is 0 Å². The summed E-state index contributed by atoms with van der Waals surface area (Å²) in [7, 11) is 0. The normalized spacial score (nSPS) is 11.9. The second-order valence-corrected chi connectivity index (χ2v) is 10.2. The van der Waals surface area contributed by atoms with Gasteiger partial charge in [0.15, 0.2) is 11.5 Å². The van der Waals surface area contributed by atoms with Crippen LogP contribution in [0.25, 0.3) is 50.5 Å². The third-order valence-corrected chi connectivity index (χ3v) is 6.35. The first kappa shape index (κ1) is 22.7. The number of imidazole rings is 2. The molecule has 0 spiro atoms. The van der Waals surface area contributed by atoms with Crippen molar-refractivity contribution in [3.05, 3.63) is 79.3 Å². The summed E-state index contributed by atoms with van der Waals surface area (Å²) in [6.45, 7) is 12.5. The number of benzene rings is 1. The molecule has 5 heterocycles. The van der Waals surface area contributed by atoms with Gasteiger partial charge in [0, 0.05) is 29.1 Å². The zero-order valence-corrected chi connectivity index (χ0v) is 21.2. The minimum atomic E-state index is -0.0675. The molecule has 6 rings (SSSR count). The van der Waals surface area contributed by atoms with Gasteiger partial charge in [-0.3, -0.25) is 10.1 Å². The van der Waals surface area contributed by atoms with Crippen LogP contribution in [0.2, 0.25) is 0 Å². The lowest BCUT2D eigenvalue weighted by Gasteiger charge is -2.23. The van der Waals surface area contributed by atoms with Gasteiger partial charge < -0.3 is 14.9 Å². The first-order chi connectivity index (χ1) is 17.8. The SMILES string of the molecule is C=C(Nc1cncc(-c2ccc3[nH]nc(-c4nc5c(-n6cnc(C)c6)cccc5[nH]4)c3n2)c1)C(C)(C)C. The minimum Gasteiger partial charge on any atom is -0.358 e. The molecule has 6 aromatic rings. The van der Waals surface area contributed by atoms with E-state index in [4.69, 9.17) is 9.97 Å². The number of nitrogens with zero attached hydrogens (tertiary/aromatic N) is 6. The zero-order chi connectivity index (χ0) is 25.7. The molecule has 0 saturated carbocycles. The fourth-order valence-electron chi connectivity index (χ4n) is 4.13. The number of fused-ring (bicyclic) bond motifs is 2. The number of aromatic amines is 2. The number of rotatable bonds is 5. The molecule has 0 aliphatic heterocycles. The largest absolute Gasteiger partial charge is 0.358 e. The van der Waals surface area contributed by atoms with Crippen LogP contribution in [0.3, 0.4) is 0 Å². The molecule has 1 aromatic carbocycles. The van der Waals surface area contributed by atoms with E-state index in [2.05, 4.69) is 57.8 Å². The highest BCUT2D eigenvalue weighted by Gasteiger charge is 2.18. The fraction of sp³-hybridized carbons (Fsp3) is 0.179. The van der Waals surface area contributed by atoms with Crippen molar-refractivity contribution in [3.8, 4) is 28.5 Å². The molecule has 5 aromatic heterocycles. The number of H-pyrrole nitrogens is 2. The van der Waals surface area contributed by atoms with Crippen molar-refractivity contribution in [2.45, 2.75) is 27.7 Å². The van der Waals surface area contributed by atoms with Gasteiger partial charge in [-0.1, -0.05) is 33.4 Å². The first-order valence-electron chi connectivity index (χ1n) is 12.0. The lowest BCUT2D eigenvalue weighted by molar-refractivity contribution is 0.509. The number of aryl methyl sites for hydroxylation is 1. The molecule has 0 amide bonds. The molecule has 0 radical (unpaired) electrons. The number of anilines is 1. The molecule has 0 bridgehead atoms. The van der Waals surface area contributed by atoms with Gasteiger partial charge in [0.1, 0.15) is 11.0 Å². The lowest BCUT2D eigenvalue weighted by atomic mass is 9.93. The van der Waals surface area contributed by atoms with Gasteiger partial charge in [-0.15, -0.1) is 0 Å². The molecule has 37 heavy (non-hydrogen) atoms. The molecule has 0 atom stereocenters. The van der Waals surface area contributed by atoms with Gasteiger partial charge in [-0.2, -0.15) is 5.10 Å². The van der Waals surface area contributed by atoms with E-state index in [0.29, 0.717) is 11.5 Å². The van der Waals surface area contributed by atoms with E-state index in [9.17, 15) is 0 Å². The van der Waals surface area contributed by atoms with E-state index in [1.807, 2.05) is 54.1 Å². The number of pyridine rings is 2. The van der Waals surface area contributed by atoms with Crippen LogP contribution in [0.5, 0.6) is 0 Å². The zero-order valence-electron chi connectivity index (χ0n) is 21.2. The number of allylic oxidation sites excluding steroid dienone is 1. The predicted molar refractivity (Wildman–Crippen MR) is 146 cm³/mol. The summed E-state index contributed by atoms with van der Waals surface area (Å²) in [5.41, 5.74) is 9.25. The van der Waals surface area contributed by atoms with Crippen LogP contribution in [0.1, 0.15) is 26.5 Å². The topological polar surface area (TPSA) is 113 Å². The monoisotopic (exact) mass is 489 g/mol. The van der Waals surface area contributed by atoms with Gasteiger partial charge in [-0.25, -0.2) is 15.0 Å². The van der Waals surface area contributed by atoms with Crippen molar-refractivity contribution in [1.82, 2.24) is 39.7 Å². The summed E-state index contributed by atoms with van der Waals surface area (Å²) >= 11 is 0. The van der Waals surface area contributed by atoms with Crippen molar-refractivity contribution in [2.75, 3.05) is 5.32 Å². The Morgan fingerprint density at radius 2 is 1.89 bits per heavy atom. The Kier molecular flexibility index (Phi) is 5.15. The van der Waals surface area contributed by atoms with E-state index in [0.717, 1.165) is 56.1 Å². The average molecular weight is 490 g/mol. The number of hydrogen-bond acceptors (Lipinski definition) is 6. The maximum Gasteiger partial charge on any atom is 0.161 e. The van der Waals surface area contributed by atoms with Crippen LogP contribution in [-0.2, 0) is 0 Å². The molecule has 0 unspecified atom stereocenters. The average Bonchev–Trinajstić information content (AvgIpc) is 3.60. The van der Waals surface area contributed by atoms with Crippen LogP contribution < -0.4 is 5.32 Å². The van der Waals surface area contributed by atoms with Crippen LogP contribution >= 0.6 is 0 Å². The Labute approximate surface area is 213 Å². The molecule has 0 aliphatic carbocycles. The number of nitrogens with one attached hydrogen (secondary N) is 3. The van der Waals surface area contributed by atoms with Gasteiger partial charge in [-0.05, 0) is 37.3 Å².